The summed E-state index contributed by atoms with van der Waals surface area (Å²) in [6.07, 6.45) is 0. The first kappa shape index (κ1) is 34.1. The number of benzene rings is 5. The van der Waals surface area contributed by atoms with Gasteiger partial charge in [0, 0.05) is 24.7 Å². The molecule has 0 aromatic heterocycles. The first-order chi connectivity index (χ1) is 22.3. The third-order valence-electron chi connectivity index (χ3n) is 7.24. The highest BCUT2D eigenvalue weighted by Gasteiger charge is 2.30. The average molecular weight is 712 g/mol. The number of carbonyl (C=O) groups is 1. The van der Waals surface area contributed by atoms with Crippen LogP contribution in [0.4, 0.5) is 0 Å². The standard InChI is InChI=1S/C34H28Cl2N2O7S2/c35-29-18-31(36)33(39)32(19-29)47(44,45)38(21-23-12-14-27(15-13-23)26-8-2-1-3-9-26)22-25-7-4-6-24(16-25)20-37-46(42,43)30-11-5-10-28(17-30)34(40)41/h1-19,37,39H,20-22H2,(H,40,41). The fraction of sp³-hybridized carbons (Fsp3) is 0.0882. The van der Waals surface area contributed by atoms with E-state index in [0.29, 0.717) is 16.7 Å². The fourth-order valence-electron chi connectivity index (χ4n) is 4.84. The van der Waals surface area contributed by atoms with Crippen LogP contribution in [-0.2, 0) is 39.7 Å². The minimum absolute atomic E-state index is 0.0294. The van der Waals surface area contributed by atoms with Gasteiger partial charge in [0.1, 0.15) is 4.90 Å². The fourth-order valence-corrected chi connectivity index (χ4v) is 8.06. The Morgan fingerprint density at radius 1 is 0.702 bits per heavy atom. The van der Waals surface area contributed by atoms with Crippen LogP contribution in [0.5, 0.6) is 5.75 Å². The molecule has 0 aliphatic carbocycles. The average Bonchev–Trinajstić information content (AvgIpc) is 3.06. The smallest absolute Gasteiger partial charge is 0.335 e. The number of carboxylic acids is 1. The van der Waals surface area contributed by atoms with Gasteiger partial charge >= 0.3 is 5.97 Å². The maximum atomic E-state index is 14.0. The topological polar surface area (TPSA) is 141 Å². The van der Waals surface area contributed by atoms with Gasteiger partial charge in [-0.2, -0.15) is 4.31 Å². The summed E-state index contributed by atoms with van der Waals surface area (Å²) in [4.78, 5) is 10.6. The van der Waals surface area contributed by atoms with Gasteiger partial charge in [-0.05, 0) is 58.1 Å². The van der Waals surface area contributed by atoms with Crippen LogP contribution in [0.2, 0.25) is 10.0 Å². The van der Waals surface area contributed by atoms with Crippen LogP contribution >= 0.6 is 23.2 Å². The van der Waals surface area contributed by atoms with Gasteiger partial charge < -0.3 is 10.2 Å². The van der Waals surface area contributed by atoms with E-state index in [1.54, 1.807) is 24.3 Å². The molecule has 0 spiro atoms. The SMILES string of the molecule is O=C(O)c1cccc(S(=O)(=O)NCc2cccc(CN(Cc3ccc(-c4ccccc4)cc3)S(=O)(=O)c3cc(Cl)cc(Cl)c3O)c2)c1. The molecule has 3 N–H and O–H groups in total. The van der Waals surface area contributed by atoms with Gasteiger partial charge in [0.2, 0.25) is 20.0 Å². The molecule has 242 valence electrons. The van der Waals surface area contributed by atoms with E-state index in [1.165, 1.54) is 28.6 Å². The van der Waals surface area contributed by atoms with Crippen molar-refractivity contribution in [1.29, 1.82) is 0 Å². The minimum atomic E-state index is -4.38. The first-order valence-electron chi connectivity index (χ1n) is 14.1. The normalized spacial score (nSPS) is 11.9. The van der Waals surface area contributed by atoms with E-state index < -0.39 is 36.7 Å². The quantitative estimate of drug-likeness (QED) is 0.127. The summed E-state index contributed by atoms with van der Waals surface area (Å²) in [6, 6.07) is 31.2. The summed E-state index contributed by atoms with van der Waals surface area (Å²) in [5.41, 5.74) is 3.52. The summed E-state index contributed by atoms with van der Waals surface area (Å²) >= 11 is 12.2. The van der Waals surface area contributed by atoms with Crippen LogP contribution in [0, 0.1) is 0 Å². The van der Waals surface area contributed by atoms with Crippen molar-refractivity contribution in [3.8, 4) is 16.9 Å². The number of halogens is 2. The van der Waals surface area contributed by atoms with Gasteiger partial charge in [-0.3, -0.25) is 0 Å². The second-order valence-corrected chi connectivity index (χ2v) is 15.1. The molecular weight excluding hydrogens is 683 g/mol. The molecule has 5 aromatic carbocycles. The number of aromatic hydroxyl groups is 1. The number of sulfonamides is 2. The molecule has 0 aliphatic rings. The Morgan fingerprint density at radius 2 is 1.34 bits per heavy atom. The maximum absolute atomic E-state index is 14.0. The Labute approximate surface area is 282 Å². The van der Waals surface area contributed by atoms with E-state index in [2.05, 4.69) is 4.72 Å². The van der Waals surface area contributed by atoms with E-state index in [9.17, 15) is 31.8 Å². The lowest BCUT2D eigenvalue weighted by molar-refractivity contribution is 0.0696. The Bertz CT molecular complexity index is 2140. The lowest BCUT2D eigenvalue weighted by Crippen LogP contribution is -2.30. The van der Waals surface area contributed by atoms with Gasteiger partial charge in [0.25, 0.3) is 0 Å². The van der Waals surface area contributed by atoms with Gasteiger partial charge in [-0.25, -0.2) is 26.4 Å². The Hall–Kier alpha value is -4.23. The number of hydrogen-bond donors (Lipinski definition) is 3. The van der Waals surface area contributed by atoms with E-state index in [4.69, 9.17) is 23.2 Å². The Kier molecular flexibility index (Phi) is 10.4. The Balaban J connectivity index is 1.43. The van der Waals surface area contributed by atoms with Crippen molar-refractivity contribution in [1.82, 2.24) is 9.03 Å². The molecule has 0 amide bonds. The summed E-state index contributed by atoms with van der Waals surface area (Å²) in [5, 5.41) is 19.7. The zero-order valence-electron chi connectivity index (χ0n) is 24.5. The first-order valence-corrected chi connectivity index (χ1v) is 17.7. The highest BCUT2D eigenvalue weighted by atomic mass is 35.5. The molecule has 0 saturated carbocycles. The van der Waals surface area contributed by atoms with Crippen molar-refractivity contribution in [3.05, 3.63) is 148 Å². The van der Waals surface area contributed by atoms with Gasteiger partial charge in [0.15, 0.2) is 5.75 Å². The molecule has 13 heteroatoms. The van der Waals surface area contributed by atoms with Gasteiger partial charge in [0.05, 0.1) is 15.5 Å². The molecule has 5 aromatic rings. The lowest BCUT2D eigenvalue weighted by Gasteiger charge is -2.24. The molecule has 0 bridgehead atoms. The van der Waals surface area contributed by atoms with Crippen LogP contribution in [0.1, 0.15) is 27.0 Å². The second-order valence-electron chi connectivity index (χ2n) is 10.5. The third kappa shape index (κ3) is 8.20. The predicted octanol–water partition coefficient (Wildman–Crippen LogP) is 6.93. The van der Waals surface area contributed by atoms with E-state index in [1.807, 2.05) is 54.6 Å². The molecule has 0 radical (unpaired) electrons. The molecule has 0 aliphatic heterocycles. The van der Waals surface area contributed by atoms with E-state index >= 15 is 0 Å². The zero-order valence-corrected chi connectivity index (χ0v) is 27.7. The molecule has 0 heterocycles. The largest absolute Gasteiger partial charge is 0.505 e. The van der Waals surface area contributed by atoms with Crippen LogP contribution < -0.4 is 4.72 Å². The molecule has 9 nitrogen and oxygen atoms in total. The second kappa shape index (κ2) is 14.3. The van der Waals surface area contributed by atoms with Crippen molar-refractivity contribution < 1.29 is 31.8 Å². The highest BCUT2D eigenvalue weighted by Crippen LogP contribution is 2.36. The zero-order chi connectivity index (χ0) is 33.8. The molecule has 0 atom stereocenters. The van der Waals surface area contributed by atoms with Crippen LogP contribution in [0.25, 0.3) is 11.1 Å². The number of phenolic OH excluding ortho intramolecular Hbond substituents is 1. The van der Waals surface area contributed by atoms with Crippen LogP contribution in [0.15, 0.2) is 125 Å². The van der Waals surface area contributed by atoms with Crippen molar-refractivity contribution in [2.45, 2.75) is 29.4 Å². The summed E-state index contributed by atoms with van der Waals surface area (Å²) < 4.78 is 57.5. The summed E-state index contributed by atoms with van der Waals surface area (Å²) in [7, 11) is -8.44. The Morgan fingerprint density at radius 3 is 2.04 bits per heavy atom. The van der Waals surface area contributed by atoms with Crippen molar-refractivity contribution in [3.63, 3.8) is 0 Å². The lowest BCUT2D eigenvalue weighted by atomic mass is 10.0. The number of carboxylic acid groups (broad SMARTS) is 1. The summed E-state index contributed by atoms with van der Waals surface area (Å²) in [5.74, 6) is -1.88. The molecule has 5 rings (SSSR count). The molecule has 0 fully saturated rings. The highest BCUT2D eigenvalue weighted by molar-refractivity contribution is 7.89. The minimum Gasteiger partial charge on any atom is -0.505 e. The summed E-state index contributed by atoms with van der Waals surface area (Å²) in [6.45, 7) is -0.364. The number of hydrogen-bond acceptors (Lipinski definition) is 6. The number of aromatic carboxylic acids is 1. The third-order valence-corrected chi connectivity index (χ3v) is 10.9. The van der Waals surface area contributed by atoms with E-state index in [-0.39, 0.29) is 40.1 Å². The monoisotopic (exact) mass is 710 g/mol. The van der Waals surface area contributed by atoms with E-state index in [0.717, 1.165) is 23.3 Å². The molecule has 47 heavy (non-hydrogen) atoms. The molecule has 0 saturated heterocycles. The number of nitrogens with one attached hydrogen (secondary N) is 1. The van der Waals surface area contributed by atoms with Crippen LogP contribution in [-0.4, -0.2) is 37.3 Å². The van der Waals surface area contributed by atoms with Gasteiger partial charge in [-0.1, -0.05) is 108 Å². The number of rotatable bonds is 12. The number of phenols is 1. The van der Waals surface area contributed by atoms with Crippen molar-refractivity contribution >= 4 is 49.2 Å². The van der Waals surface area contributed by atoms with Crippen molar-refractivity contribution in [2.24, 2.45) is 0 Å². The predicted molar refractivity (Wildman–Crippen MR) is 180 cm³/mol. The molecule has 0 unspecified atom stereocenters. The van der Waals surface area contributed by atoms with Crippen LogP contribution in [0.3, 0.4) is 0 Å². The molecular formula is C34H28Cl2N2O7S2. The number of nitrogens with zero attached hydrogens (tertiary/aromatic N) is 1. The van der Waals surface area contributed by atoms with Gasteiger partial charge in [-0.15, -0.1) is 0 Å². The van der Waals surface area contributed by atoms with Crippen molar-refractivity contribution in [2.75, 3.05) is 0 Å². The maximum Gasteiger partial charge on any atom is 0.335 e.